The molecule has 0 spiro atoms. The molecule has 0 fully saturated rings. The Hall–Kier alpha value is -1.82. The number of hydrogen-bond acceptors (Lipinski definition) is 5. The van der Waals surface area contributed by atoms with Crippen LogP contribution < -0.4 is 15.4 Å². The lowest BCUT2D eigenvalue weighted by molar-refractivity contribution is 0.415. The molecular weight excluding hydrogens is 332 g/mol. The van der Waals surface area contributed by atoms with Crippen LogP contribution in [0.5, 0.6) is 5.75 Å². The van der Waals surface area contributed by atoms with E-state index in [0.717, 1.165) is 40.3 Å². The zero-order valence-corrected chi connectivity index (χ0v) is 14.0. The molecule has 0 saturated heterocycles. The molecule has 2 aromatic rings. The number of nitrogens with one attached hydrogen (secondary N) is 2. The summed E-state index contributed by atoms with van der Waals surface area (Å²) in [6, 6.07) is 5.76. The molecule has 2 N–H and O–H groups in total. The molecular formula is C15H19BrN4O. The van der Waals surface area contributed by atoms with Crippen molar-refractivity contribution in [2.24, 2.45) is 0 Å². The van der Waals surface area contributed by atoms with Crippen molar-refractivity contribution in [3.05, 3.63) is 34.4 Å². The van der Waals surface area contributed by atoms with Crippen LogP contribution in [-0.2, 0) is 0 Å². The standard InChI is InChI=1S/C15H19BrN4O/c1-4-7-17-15-18-9-10(2)14(20-15)19-13-8-11(21-3)5-6-12(13)16/h5-6,8-9H,4,7H2,1-3H3,(H2,17,18,19,20). The summed E-state index contributed by atoms with van der Waals surface area (Å²) in [5.41, 5.74) is 1.88. The second kappa shape index (κ2) is 7.26. The maximum Gasteiger partial charge on any atom is 0.224 e. The van der Waals surface area contributed by atoms with Crippen molar-refractivity contribution in [1.29, 1.82) is 0 Å². The average molecular weight is 351 g/mol. The van der Waals surface area contributed by atoms with E-state index in [4.69, 9.17) is 4.74 Å². The molecule has 0 aliphatic rings. The van der Waals surface area contributed by atoms with E-state index in [1.54, 1.807) is 13.3 Å². The van der Waals surface area contributed by atoms with Gasteiger partial charge in [-0.2, -0.15) is 4.98 Å². The fourth-order valence-electron chi connectivity index (χ4n) is 1.75. The molecule has 21 heavy (non-hydrogen) atoms. The lowest BCUT2D eigenvalue weighted by atomic mass is 10.2. The first kappa shape index (κ1) is 15.6. The Morgan fingerprint density at radius 2 is 2.14 bits per heavy atom. The quantitative estimate of drug-likeness (QED) is 0.820. The highest BCUT2D eigenvalue weighted by Gasteiger charge is 2.07. The van der Waals surface area contributed by atoms with Gasteiger partial charge in [0.25, 0.3) is 0 Å². The Balaban J connectivity index is 2.26. The van der Waals surface area contributed by atoms with Gasteiger partial charge in [0, 0.05) is 28.8 Å². The smallest absolute Gasteiger partial charge is 0.224 e. The molecule has 6 heteroatoms. The maximum atomic E-state index is 5.25. The summed E-state index contributed by atoms with van der Waals surface area (Å²) in [6.45, 7) is 4.93. The van der Waals surface area contributed by atoms with Crippen molar-refractivity contribution in [2.45, 2.75) is 20.3 Å². The van der Waals surface area contributed by atoms with Crippen molar-refractivity contribution >= 4 is 33.4 Å². The van der Waals surface area contributed by atoms with Crippen molar-refractivity contribution < 1.29 is 4.74 Å². The molecule has 0 unspecified atom stereocenters. The number of benzene rings is 1. The molecule has 1 aromatic carbocycles. The van der Waals surface area contributed by atoms with E-state index < -0.39 is 0 Å². The Kier molecular flexibility index (Phi) is 5.38. The highest BCUT2D eigenvalue weighted by Crippen LogP contribution is 2.30. The van der Waals surface area contributed by atoms with E-state index >= 15 is 0 Å². The number of rotatable bonds is 6. The molecule has 0 atom stereocenters. The molecule has 5 nitrogen and oxygen atoms in total. The minimum Gasteiger partial charge on any atom is -0.497 e. The third-order valence-corrected chi connectivity index (χ3v) is 3.62. The fraction of sp³-hybridized carbons (Fsp3) is 0.333. The van der Waals surface area contributed by atoms with Crippen LogP contribution in [0.25, 0.3) is 0 Å². The minimum absolute atomic E-state index is 0.629. The van der Waals surface area contributed by atoms with Gasteiger partial charge in [-0.3, -0.25) is 0 Å². The summed E-state index contributed by atoms with van der Waals surface area (Å²) >= 11 is 3.53. The van der Waals surface area contributed by atoms with Crippen molar-refractivity contribution in [2.75, 3.05) is 24.3 Å². The Morgan fingerprint density at radius 1 is 1.33 bits per heavy atom. The number of anilines is 3. The zero-order chi connectivity index (χ0) is 15.2. The maximum absolute atomic E-state index is 5.25. The summed E-state index contributed by atoms with van der Waals surface area (Å²) < 4.78 is 6.20. The molecule has 0 bridgehead atoms. The number of hydrogen-bond donors (Lipinski definition) is 2. The van der Waals surface area contributed by atoms with Crippen LogP contribution in [0, 0.1) is 6.92 Å². The fourth-order valence-corrected chi connectivity index (χ4v) is 2.09. The van der Waals surface area contributed by atoms with Gasteiger partial charge in [-0.05, 0) is 41.4 Å². The second-order valence-corrected chi connectivity index (χ2v) is 5.48. The highest BCUT2D eigenvalue weighted by molar-refractivity contribution is 9.10. The predicted molar refractivity (Wildman–Crippen MR) is 89.5 cm³/mol. The van der Waals surface area contributed by atoms with Crippen molar-refractivity contribution in [1.82, 2.24) is 9.97 Å². The first-order valence-corrected chi connectivity index (χ1v) is 7.61. The molecule has 0 aliphatic heterocycles. The first-order valence-electron chi connectivity index (χ1n) is 6.82. The monoisotopic (exact) mass is 350 g/mol. The summed E-state index contributed by atoms with van der Waals surface area (Å²) in [6.07, 6.45) is 2.84. The molecule has 1 heterocycles. The normalized spacial score (nSPS) is 10.3. The average Bonchev–Trinajstić information content (AvgIpc) is 2.50. The molecule has 0 aliphatic carbocycles. The molecule has 0 saturated carbocycles. The van der Waals surface area contributed by atoms with Gasteiger partial charge in [0.15, 0.2) is 0 Å². The highest BCUT2D eigenvalue weighted by atomic mass is 79.9. The molecule has 0 radical (unpaired) electrons. The number of methoxy groups -OCH3 is 1. The second-order valence-electron chi connectivity index (χ2n) is 4.62. The summed E-state index contributed by atoms with van der Waals surface area (Å²) in [5, 5.41) is 6.50. The van der Waals surface area contributed by atoms with Gasteiger partial charge in [-0.1, -0.05) is 6.92 Å². The number of aromatic nitrogens is 2. The molecule has 2 rings (SSSR count). The van der Waals surface area contributed by atoms with E-state index in [1.165, 1.54) is 0 Å². The van der Waals surface area contributed by atoms with Gasteiger partial charge in [0.1, 0.15) is 11.6 Å². The lowest BCUT2D eigenvalue weighted by Crippen LogP contribution is -2.07. The van der Waals surface area contributed by atoms with Gasteiger partial charge in [-0.15, -0.1) is 0 Å². The Bertz CT molecular complexity index is 619. The van der Waals surface area contributed by atoms with Crippen molar-refractivity contribution in [3.63, 3.8) is 0 Å². The third kappa shape index (κ3) is 4.07. The third-order valence-electron chi connectivity index (χ3n) is 2.93. The Morgan fingerprint density at radius 3 is 2.86 bits per heavy atom. The van der Waals surface area contributed by atoms with Crippen LogP contribution >= 0.6 is 15.9 Å². The lowest BCUT2D eigenvalue weighted by Gasteiger charge is -2.13. The van der Waals surface area contributed by atoms with Crippen LogP contribution in [0.4, 0.5) is 17.5 Å². The van der Waals surface area contributed by atoms with Crippen LogP contribution in [0.2, 0.25) is 0 Å². The summed E-state index contributed by atoms with van der Waals surface area (Å²) in [4.78, 5) is 8.78. The van der Waals surface area contributed by atoms with E-state index in [1.807, 2.05) is 25.1 Å². The van der Waals surface area contributed by atoms with Gasteiger partial charge in [0.05, 0.1) is 12.8 Å². The van der Waals surface area contributed by atoms with Crippen LogP contribution in [-0.4, -0.2) is 23.6 Å². The van der Waals surface area contributed by atoms with Crippen LogP contribution in [0.3, 0.4) is 0 Å². The number of nitrogens with zero attached hydrogens (tertiary/aromatic N) is 2. The van der Waals surface area contributed by atoms with Gasteiger partial charge in [0.2, 0.25) is 5.95 Å². The SMILES string of the molecule is CCCNc1ncc(C)c(Nc2cc(OC)ccc2Br)n1. The van der Waals surface area contributed by atoms with Gasteiger partial charge < -0.3 is 15.4 Å². The van der Waals surface area contributed by atoms with E-state index in [0.29, 0.717) is 5.95 Å². The first-order chi connectivity index (χ1) is 10.1. The molecule has 0 amide bonds. The predicted octanol–water partition coefficient (Wildman–Crippen LogP) is 4.12. The number of ether oxygens (including phenoxy) is 1. The summed E-state index contributed by atoms with van der Waals surface area (Å²) in [5.74, 6) is 2.19. The van der Waals surface area contributed by atoms with Crippen LogP contribution in [0.1, 0.15) is 18.9 Å². The zero-order valence-electron chi connectivity index (χ0n) is 12.4. The number of halogens is 1. The van der Waals surface area contributed by atoms with Gasteiger partial charge in [-0.25, -0.2) is 4.98 Å². The molecule has 1 aromatic heterocycles. The van der Waals surface area contributed by atoms with E-state index in [9.17, 15) is 0 Å². The van der Waals surface area contributed by atoms with Crippen LogP contribution in [0.15, 0.2) is 28.9 Å². The Labute approximate surface area is 133 Å². The van der Waals surface area contributed by atoms with E-state index in [-0.39, 0.29) is 0 Å². The van der Waals surface area contributed by atoms with E-state index in [2.05, 4.69) is 43.5 Å². The summed E-state index contributed by atoms with van der Waals surface area (Å²) in [7, 11) is 1.65. The largest absolute Gasteiger partial charge is 0.497 e. The minimum atomic E-state index is 0.629. The molecule has 112 valence electrons. The van der Waals surface area contributed by atoms with Crippen molar-refractivity contribution in [3.8, 4) is 5.75 Å². The number of aryl methyl sites for hydroxylation is 1. The van der Waals surface area contributed by atoms with Gasteiger partial charge >= 0.3 is 0 Å². The topological polar surface area (TPSA) is 59.1 Å².